The van der Waals surface area contributed by atoms with Gasteiger partial charge in [0.1, 0.15) is 0 Å². The summed E-state index contributed by atoms with van der Waals surface area (Å²) in [5, 5.41) is 6.16. The molecule has 5 heteroatoms. The third-order valence-corrected chi connectivity index (χ3v) is 3.44. The molecule has 0 saturated heterocycles. The van der Waals surface area contributed by atoms with Gasteiger partial charge in [0, 0.05) is 24.0 Å². The Balaban J connectivity index is 1.99. The second-order valence-corrected chi connectivity index (χ2v) is 5.02. The molecule has 3 N–H and O–H groups in total. The summed E-state index contributed by atoms with van der Waals surface area (Å²) in [6.07, 6.45) is 4.40. The molecule has 1 aromatic heterocycles. The standard InChI is InChI=1S/C12H21N3OS/c1-10-9-17-12(15-10)6-2-3-8-14-11(16)5-4-7-13/h9H,2-8,13H2,1H3,(H,14,16). The molecular weight excluding hydrogens is 234 g/mol. The second-order valence-electron chi connectivity index (χ2n) is 4.08. The number of nitrogens with two attached hydrogens (primary N) is 1. The minimum absolute atomic E-state index is 0.112. The Bertz CT molecular complexity index is 338. The van der Waals surface area contributed by atoms with Crippen molar-refractivity contribution < 1.29 is 4.79 Å². The fraction of sp³-hybridized carbons (Fsp3) is 0.667. The molecule has 0 bridgehead atoms. The summed E-state index contributed by atoms with van der Waals surface area (Å²) >= 11 is 1.71. The molecule has 0 fully saturated rings. The van der Waals surface area contributed by atoms with E-state index in [1.54, 1.807) is 11.3 Å². The molecule has 1 amide bonds. The number of aromatic nitrogens is 1. The van der Waals surface area contributed by atoms with E-state index in [0.717, 1.165) is 37.9 Å². The molecular formula is C12H21N3OS. The summed E-state index contributed by atoms with van der Waals surface area (Å²) < 4.78 is 0. The lowest BCUT2D eigenvalue weighted by atomic mass is 10.2. The van der Waals surface area contributed by atoms with Gasteiger partial charge in [0.05, 0.1) is 5.01 Å². The zero-order chi connectivity index (χ0) is 12.5. The van der Waals surface area contributed by atoms with Gasteiger partial charge in [-0.1, -0.05) is 0 Å². The predicted octanol–water partition coefficient (Wildman–Crippen LogP) is 1.63. The maximum atomic E-state index is 11.3. The summed E-state index contributed by atoms with van der Waals surface area (Å²) in [4.78, 5) is 15.7. The molecule has 0 radical (unpaired) electrons. The zero-order valence-corrected chi connectivity index (χ0v) is 11.2. The van der Waals surface area contributed by atoms with Gasteiger partial charge in [-0.2, -0.15) is 0 Å². The van der Waals surface area contributed by atoms with Crippen LogP contribution in [0.4, 0.5) is 0 Å². The van der Waals surface area contributed by atoms with E-state index in [4.69, 9.17) is 5.73 Å². The Morgan fingerprint density at radius 3 is 2.94 bits per heavy atom. The fourth-order valence-corrected chi connectivity index (χ4v) is 2.32. The molecule has 0 aliphatic carbocycles. The van der Waals surface area contributed by atoms with Gasteiger partial charge in [-0.25, -0.2) is 4.98 Å². The van der Waals surface area contributed by atoms with Gasteiger partial charge in [-0.15, -0.1) is 11.3 Å². The number of nitrogens with one attached hydrogen (secondary N) is 1. The summed E-state index contributed by atoms with van der Waals surface area (Å²) in [5.74, 6) is 0.112. The largest absolute Gasteiger partial charge is 0.356 e. The molecule has 0 aromatic carbocycles. The van der Waals surface area contributed by atoms with Crippen molar-refractivity contribution in [2.45, 2.75) is 39.0 Å². The number of hydrogen-bond donors (Lipinski definition) is 2. The summed E-state index contributed by atoms with van der Waals surface area (Å²) in [6.45, 7) is 3.35. The molecule has 1 rings (SSSR count). The van der Waals surface area contributed by atoms with E-state index in [9.17, 15) is 4.79 Å². The fourth-order valence-electron chi connectivity index (χ4n) is 1.50. The number of rotatable bonds is 8. The number of hydrogen-bond acceptors (Lipinski definition) is 4. The Morgan fingerprint density at radius 1 is 1.47 bits per heavy atom. The summed E-state index contributed by atoms with van der Waals surface area (Å²) in [5.41, 5.74) is 6.43. The van der Waals surface area contributed by atoms with Crippen molar-refractivity contribution >= 4 is 17.2 Å². The van der Waals surface area contributed by atoms with Crippen LogP contribution in [-0.2, 0) is 11.2 Å². The van der Waals surface area contributed by atoms with Crippen LogP contribution in [0.3, 0.4) is 0 Å². The lowest BCUT2D eigenvalue weighted by Crippen LogP contribution is -2.24. The highest BCUT2D eigenvalue weighted by atomic mass is 32.1. The van der Waals surface area contributed by atoms with Crippen LogP contribution in [0.1, 0.15) is 36.4 Å². The van der Waals surface area contributed by atoms with Crippen molar-refractivity contribution in [3.05, 3.63) is 16.1 Å². The van der Waals surface area contributed by atoms with Gasteiger partial charge < -0.3 is 11.1 Å². The third kappa shape index (κ3) is 6.38. The normalized spacial score (nSPS) is 10.5. The molecule has 0 aliphatic rings. The highest BCUT2D eigenvalue weighted by molar-refractivity contribution is 7.09. The lowest BCUT2D eigenvalue weighted by Gasteiger charge is -2.03. The first-order valence-corrected chi connectivity index (χ1v) is 6.98. The van der Waals surface area contributed by atoms with Crippen LogP contribution in [0.15, 0.2) is 5.38 Å². The topological polar surface area (TPSA) is 68.0 Å². The first-order valence-electron chi connectivity index (χ1n) is 6.10. The maximum absolute atomic E-state index is 11.3. The number of amides is 1. The van der Waals surface area contributed by atoms with Crippen LogP contribution in [0, 0.1) is 6.92 Å². The van der Waals surface area contributed by atoms with E-state index < -0.39 is 0 Å². The SMILES string of the molecule is Cc1csc(CCCCNC(=O)CCCN)n1. The van der Waals surface area contributed by atoms with Crippen LogP contribution in [0.25, 0.3) is 0 Å². The van der Waals surface area contributed by atoms with E-state index in [1.165, 1.54) is 5.01 Å². The van der Waals surface area contributed by atoms with Gasteiger partial charge in [0.2, 0.25) is 5.91 Å². The van der Waals surface area contributed by atoms with E-state index in [0.29, 0.717) is 13.0 Å². The van der Waals surface area contributed by atoms with Crippen molar-refractivity contribution in [2.75, 3.05) is 13.1 Å². The van der Waals surface area contributed by atoms with Crippen molar-refractivity contribution in [1.29, 1.82) is 0 Å². The molecule has 4 nitrogen and oxygen atoms in total. The number of thiazole rings is 1. The van der Waals surface area contributed by atoms with E-state index in [2.05, 4.69) is 15.7 Å². The van der Waals surface area contributed by atoms with E-state index in [-0.39, 0.29) is 5.91 Å². The molecule has 17 heavy (non-hydrogen) atoms. The van der Waals surface area contributed by atoms with E-state index >= 15 is 0 Å². The number of nitrogens with zero attached hydrogens (tertiary/aromatic N) is 1. The number of carbonyl (C=O) groups excluding carboxylic acids is 1. The molecule has 0 unspecified atom stereocenters. The van der Waals surface area contributed by atoms with Gasteiger partial charge in [-0.3, -0.25) is 4.79 Å². The van der Waals surface area contributed by atoms with Crippen molar-refractivity contribution in [3.63, 3.8) is 0 Å². The molecule has 0 atom stereocenters. The van der Waals surface area contributed by atoms with Crippen molar-refractivity contribution in [2.24, 2.45) is 5.73 Å². The van der Waals surface area contributed by atoms with Crippen LogP contribution < -0.4 is 11.1 Å². The van der Waals surface area contributed by atoms with Crippen LogP contribution in [-0.4, -0.2) is 24.0 Å². The quantitative estimate of drug-likeness (QED) is 0.694. The average Bonchev–Trinajstić information content (AvgIpc) is 2.72. The highest BCUT2D eigenvalue weighted by Crippen LogP contribution is 2.11. The molecule has 0 saturated carbocycles. The first-order chi connectivity index (χ1) is 8.22. The van der Waals surface area contributed by atoms with Gasteiger partial charge in [0.15, 0.2) is 0 Å². The summed E-state index contributed by atoms with van der Waals surface area (Å²) in [7, 11) is 0. The van der Waals surface area contributed by atoms with Crippen LogP contribution in [0.2, 0.25) is 0 Å². The smallest absolute Gasteiger partial charge is 0.220 e. The Kier molecular flexibility index (Phi) is 6.81. The monoisotopic (exact) mass is 255 g/mol. The van der Waals surface area contributed by atoms with E-state index in [1.807, 2.05) is 6.92 Å². The lowest BCUT2D eigenvalue weighted by molar-refractivity contribution is -0.121. The number of aryl methyl sites for hydroxylation is 2. The average molecular weight is 255 g/mol. The second kappa shape index (κ2) is 8.20. The van der Waals surface area contributed by atoms with Crippen molar-refractivity contribution in [3.8, 4) is 0 Å². The highest BCUT2D eigenvalue weighted by Gasteiger charge is 2.00. The molecule has 0 aliphatic heterocycles. The first kappa shape index (κ1) is 14.1. The zero-order valence-electron chi connectivity index (χ0n) is 10.4. The Morgan fingerprint density at radius 2 is 2.29 bits per heavy atom. The van der Waals surface area contributed by atoms with Gasteiger partial charge >= 0.3 is 0 Å². The third-order valence-electron chi connectivity index (χ3n) is 2.41. The summed E-state index contributed by atoms with van der Waals surface area (Å²) in [6, 6.07) is 0. The minimum Gasteiger partial charge on any atom is -0.356 e. The predicted molar refractivity (Wildman–Crippen MR) is 71.1 cm³/mol. The molecule has 96 valence electrons. The molecule has 1 aromatic rings. The maximum Gasteiger partial charge on any atom is 0.220 e. The van der Waals surface area contributed by atoms with Gasteiger partial charge in [0.25, 0.3) is 0 Å². The number of carbonyl (C=O) groups is 1. The molecule has 0 spiro atoms. The van der Waals surface area contributed by atoms with Crippen molar-refractivity contribution in [1.82, 2.24) is 10.3 Å². The minimum atomic E-state index is 0.112. The van der Waals surface area contributed by atoms with Crippen LogP contribution >= 0.6 is 11.3 Å². The van der Waals surface area contributed by atoms with Crippen LogP contribution in [0.5, 0.6) is 0 Å². The van der Waals surface area contributed by atoms with Gasteiger partial charge in [-0.05, 0) is 39.2 Å². The Hall–Kier alpha value is -0.940. The Labute approximate surface area is 107 Å². The number of unbranched alkanes of at least 4 members (excludes halogenated alkanes) is 1. The molecule has 1 heterocycles.